The second-order valence-corrected chi connectivity index (χ2v) is 10.6. The fraction of sp³-hybridized carbons (Fsp3) is 0.516. The molecule has 4 rings (SSSR count). The summed E-state index contributed by atoms with van der Waals surface area (Å²) in [7, 11) is 1.67. The highest BCUT2D eigenvalue weighted by Crippen LogP contribution is 2.30. The Balaban J connectivity index is 0.00000484. The molecule has 8 nitrogen and oxygen atoms in total. The van der Waals surface area contributed by atoms with Gasteiger partial charge in [0.1, 0.15) is 12.4 Å². The number of benzene rings is 2. The Morgan fingerprint density at radius 2 is 1.81 bits per heavy atom. The first kappa shape index (κ1) is 32.9. The predicted octanol–water partition coefficient (Wildman–Crippen LogP) is 5.45. The highest BCUT2D eigenvalue weighted by atomic mass is 19.3. The van der Waals surface area contributed by atoms with E-state index in [1.807, 2.05) is 24.9 Å². The van der Waals surface area contributed by atoms with Crippen LogP contribution in [0.5, 0.6) is 0 Å². The van der Waals surface area contributed by atoms with Gasteiger partial charge in [-0.1, -0.05) is 40.2 Å². The number of aromatic nitrogens is 2. The molecule has 0 fully saturated rings. The van der Waals surface area contributed by atoms with Gasteiger partial charge >= 0.3 is 0 Å². The fourth-order valence-electron chi connectivity index (χ4n) is 5.36. The number of hydrogen-bond acceptors (Lipinski definition) is 5. The average molecular weight is 589 g/mol. The number of amides is 2. The molecule has 0 aliphatic carbocycles. The van der Waals surface area contributed by atoms with Crippen molar-refractivity contribution < 1.29 is 22.8 Å². The van der Waals surface area contributed by atoms with Gasteiger partial charge in [0.05, 0.1) is 18.6 Å². The van der Waals surface area contributed by atoms with Crippen LogP contribution in [0, 0.1) is 12.7 Å². The second-order valence-electron chi connectivity index (χ2n) is 10.6. The van der Waals surface area contributed by atoms with E-state index in [2.05, 4.69) is 17.3 Å². The first-order valence-corrected chi connectivity index (χ1v) is 14.2. The van der Waals surface area contributed by atoms with Crippen LogP contribution in [0.3, 0.4) is 0 Å². The van der Waals surface area contributed by atoms with Gasteiger partial charge in [0.25, 0.3) is 12.3 Å². The molecular weight excluding hydrogens is 545 g/mol. The van der Waals surface area contributed by atoms with E-state index in [0.717, 1.165) is 47.0 Å². The zero-order chi connectivity index (χ0) is 29.7. The number of likely N-dealkylation sites (N-methyl/N-ethyl adjacent to an activating group) is 1. The third-order valence-electron chi connectivity index (χ3n) is 7.57. The summed E-state index contributed by atoms with van der Waals surface area (Å²) >= 11 is 0. The highest BCUT2D eigenvalue weighted by Gasteiger charge is 2.28. The molecule has 1 aliphatic rings. The number of carbonyl (C=O) groups excluding carboxylic acids is 2. The van der Waals surface area contributed by atoms with Crippen molar-refractivity contribution in [2.24, 2.45) is 0 Å². The van der Waals surface area contributed by atoms with Gasteiger partial charge in [-0.3, -0.25) is 19.3 Å². The van der Waals surface area contributed by atoms with Crippen molar-refractivity contribution >= 4 is 28.4 Å². The van der Waals surface area contributed by atoms with Crippen LogP contribution in [0.15, 0.2) is 30.3 Å². The summed E-state index contributed by atoms with van der Waals surface area (Å²) in [4.78, 5) is 28.2. The molecule has 42 heavy (non-hydrogen) atoms. The maximum absolute atomic E-state index is 13.7. The monoisotopic (exact) mass is 588 g/mol. The molecule has 0 bridgehead atoms. The highest BCUT2D eigenvalue weighted by molar-refractivity contribution is 5.91. The van der Waals surface area contributed by atoms with Crippen LogP contribution in [-0.4, -0.2) is 64.7 Å². The van der Waals surface area contributed by atoms with Crippen molar-refractivity contribution in [1.29, 1.82) is 0 Å². The molecule has 230 valence electrons. The minimum atomic E-state index is -2.54. The zero-order valence-corrected chi connectivity index (χ0v) is 24.2. The molecule has 2 heterocycles. The number of nitrogens with zero attached hydrogens (tertiary/aromatic N) is 5. The molecule has 1 aliphatic heterocycles. The number of rotatable bonds is 13. The molecule has 1 aromatic heterocycles. The lowest BCUT2D eigenvalue weighted by Crippen LogP contribution is -2.48. The quantitative estimate of drug-likeness (QED) is 0.269. The van der Waals surface area contributed by atoms with Crippen LogP contribution < -0.4 is 10.2 Å². The zero-order valence-electron chi connectivity index (χ0n) is 24.2. The summed E-state index contributed by atoms with van der Waals surface area (Å²) in [6.07, 6.45) is 0.910. The van der Waals surface area contributed by atoms with Crippen LogP contribution in [0.25, 0.3) is 10.9 Å². The van der Waals surface area contributed by atoms with Crippen LogP contribution >= 0.6 is 0 Å². The number of alkyl halides is 2. The molecule has 0 saturated carbocycles. The molecule has 3 aromatic rings. The fourth-order valence-corrected chi connectivity index (χ4v) is 5.36. The molecular formula is C31H43F3N6O2. The van der Waals surface area contributed by atoms with Crippen molar-refractivity contribution in [2.45, 2.75) is 79.9 Å². The number of aryl methyl sites for hydroxylation is 2. The van der Waals surface area contributed by atoms with E-state index in [1.54, 1.807) is 24.1 Å². The number of nitrogens with one attached hydrogen (secondary N) is 1. The molecule has 0 spiro atoms. The molecule has 0 saturated heterocycles. The maximum Gasteiger partial charge on any atom is 0.257 e. The van der Waals surface area contributed by atoms with Gasteiger partial charge in [-0.25, -0.2) is 18.2 Å². The summed E-state index contributed by atoms with van der Waals surface area (Å²) in [6.45, 7) is 6.65. The van der Waals surface area contributed by atoms with E-state index in [0.29, 0.717) is 37.3 Å². The van der Waals surface area contributed by atoms with E-state index >= 15 is 0 Å². The van der Waals surface area contributed by atoms with Gasteiger partial charge < -0.3 is 10.2 Å². The number of hydrazine groups is 1. The normalized spacial score (nSPS) is 12.9. The standard InChI is InChI=1S/C30H39F3N6O2.CH4/c1-5-7-8-11-34-29(40)18-37(19-30(41)36(4)38-15-21-9-10-23(31)13-22(21)16-38)27-14-25-24(12-20(27)3)26(6-2)39(35-25)17-28(32)33;/h9-10,12-14,28H,5-8,11,15-19H2,1-4H3,(H,34,40);1H4. The Bertz CT molecular complexity index is 1390. The Kier molecular flexibility index (Phi) is 11.4. The van der Waals surface area contributed by atoms with E-state index < -0.39 is 13.0 Å². The molecule has 2 aromatic carbocycles. The number of unbranched alkanes of at least 4 members (excludes halogenated alkanes) is 2. The van der Waals surface area contributed by atoms with Crippen LogP contribution in [-0.2, 0) is 35.6 Å². The molecule has 1 N–H and O–H groups in total. The average Bonchev–Trinajstić information content (AvgIpc) is 3.49. The second kappa shape index (κ2) is 14.5. The van der Waals surface area contributed by atoms with E-state index in [1.165, 1.54) is 21.8 Å². The van der Waals surface area contributed by atoms with Gasteiger partial charge in [0, 0.05) is 43.4 Å². The van der Waals surface area contributed by atoms with Crippen molar-refractivity contribution in [3.8, 4) is 0 Å². The third kappa shape index (κ3) is 7.61. The smallest absolute Gasteiger partial charge is 0.257 e. The lowest BCUT2D eigenvalue weighted by atomic mass is 10.1. The van der Waals surface area contributed by atoms with E-state index in [9.17, 15) is 22.8 Å². The van der Waals surface area contributed by atoms with Crippen LogP contribution in [0.1, 0.15) is 62.9 Å². The number of hydrogen-bond donors (Lipinski definition) is 1. The molecule has 0 radical (unpaired) electrons. The maximum atomic E-state index is 13.7. The largest absolute Gasteiger partial charge is 0.355 e. The Hall–Kier alpha value is -3.60. The van der Waals surface area contributed by atoms with E-state index in [4.69, 9.17) is 0 Å². The molecule has 0 atom stereocenters. The topological polar surface area (TPSA) is 73.7 Å². The number of carbonyl (C=O) groups is 2. The van der Waals surface area contributed by atoms with Crippen LogP contribution in [0.4, 0.5) is 18.9 Å². The first-order chi connectivity index (χ1) is 19.6. The Morgan fingerprint density at radius 3 is 2.50 bits per heavy atom. The Morgan fingerprint density at radius 1 is 1.07 bits per heavy atom. The third-order valence-corrected chi connectivity index (χ3v) is 7.57. The van der Waals surface area contributed by atoms with Gasteiger partial charge in [-0.05, 0) is 60.7 Å². The molecule has 11 heteroatoms. The number of halogens is 3. The Labute approximate surface area is 246 Å². The molecule has 2 amide bonds. The predicted molar refractivity (Wildman–Crippen MR) is 160 cm³/mol. The van der Waals surface area contributed by atoms with Gasteiger partial charge in [-0.2, -0.15) is 5.10 Å². The minimum absolute atomic E-state index is 0. The summed E-state index contributed by atoms with van der Waals surface area (Å²) < 4.78 is 41.5. The summed E-state index contributed by atoms with van der Waals surface area (Å²) in [5.74, 6) is -0.768. The summed E-state index contributed by atoms with van der Waals surface area (Å²) in [6, 6.07) is 8.30. The first-order valence-electron chi connectivity index (χ1n) is 14.2. The van der Waals surface area contributed by atoms with Crippen molar-refractivity contribution in [3.05, 3.63) is 58.5 Å². The minimum Gasteiger partial charge on any atom is -0.355 e. The molecule has 0 unspecified atom stereocenters. The van der Waals surface area contributed by atoms with Gasteiger partial charge in [0.15, 0.2) is 0 Å². The van der Waals surface area contributed by atoms with E-state index in [-0.39, 0.29) is 38.1 Å². The van der Waals surface area contributed by atoms with Gasteiger partial charge in [-0.15, -0.1) is 0 Å². The summed E-state index contributed by atoms with van der Waals surface area (Å²) in [5, 5.41) is 11.5. The number of fused-ring (bicyclic) bond motifs is 2. The lowest BCUT2D eigenvalue weighted by Gasteiger charge is -2.32. The van der Waals surface area contributed by atoms with Gasteiger partial charge in [0.2, 0.25) is 5.91 Å². The van der Waals surface area contributed by atoms with Crippen molar-refractivity contribution in [1.82, 2.24) is 25.1 Å². The number of anilines is 1. The van der Waals surface area contributed by atoms with Crippen LogP contribution in [0.2, 0.25) is 0 Å². The lowest BCUT2D eigenvalue weighted by molar-refractivity contribution is -0.145. The SMILES string of the molecule is C.CCCCCNC(=O)CN(CC(=O)N(C)N1Cc2ccc(F)cc2C1)c1cc2nn(CC(F)F)c(CC)c2cc1C. The van der Waals surface area contributed by atoms with Crippen molar-refractivity contribution in [2.75, 3.05) is 31.6 Å². The van der Waals surface area contributed by atoms with Crippen molar-refractivity contribution in [3.63, 3.8) is 0 Å². The summed E-state index contributed by atoms with van der Waals surface area (Å²) in [5.41, 5.74) is 4.49.